The number of halogens is 2. The van der Waals surface area contributed by atoms with Gasteiger partial charge in [-0.15, -0.1) is 0 Å². The van der Waals surface area contributed by atoms with Gasteiger partial charge in [0.15, 0.2) is 0 Å². The summed E-state index contributed by atoms with van der Waals surface area (Å²) in [6.45, 7) is 0.761. The third-order valence-corrected chi connectivity index (χ3v) is 2.92. The van der Waals surface area contributed by atoms with Gasteiger partial charge >= 0.3 is 0 Å². The smallest absolute Gasteiger partial charge is 0.123 e. The predicted molar refractivity (Wildman–Crippen MR) is 56.0 cm³/mol. The fraction of sp³-hybridized carbons (Fsp3) is 0.500. The summed E-state index contributed by atoms with van der Waals surface area (Å²) in [7, 11) is 0. The molecule has 1 aromatic rings. The third kappa shape index (κ3) is 2.75. The number of nitrogens with one attached hydrogen (secondary N) is 1. The average molecular weight is 211 g/mol. The van der Waals surface area contributed by atoms with E-state index in [1.807, 2.05) is 0 Å². The highest BCUT2D eigenvalue weighted by Crippen LogP contribution is 2.22. The molecule has 1 aliphatic carbocycles. The van der Waals surface area contributed by atoms with E-state index in [4.69, 9.17) is 0 Å². The van der Waals surface area contributed by atoms with Crippen molar-refractivity contribution in [2.24, 2.45) is 0 Å². The molecule has 1 aromatic carbocycles. The molecule has 0 aliphatic heterocycles. The first kappa shape index (κ1) is 10.6. The Kier molecular flexibility index (Phi) is 3.31. The first-order valence-corrected chi connectivity index (χ1v) is 5.37. The van der Waals surface area contributed by atoms with Gasteiger partial charge in [0.05, 0.1) is 0 Å². The fourth-order valence-corrected chi connectivity index (χ4v) is 1.74. The SMILES string of the molecule is Fc1ccc(CCNC2CCC2F)cc1. The van der Waals surface area contributed by atoms with Crippen LogP contribution in [0.3, 0.4) is 0 Å². The lowest BCUT2D eigenvalue weighted by Gasteiger charge is -2.31. The highest BCUT2D eigenvalue weighted by Gasteiger charge is 2.29. The van der Waals surface area contributed by atoms with Crippen LogP contribution in [0.5, 0.6) is 0 Å². The summed E-state index contributed by atoms with van der Waals surface area (Å²) in [5.74, 6) is -0.213. The molecule has 0 spiro atoms. The van der Waals surface area contributed by atoms with E-state index in [2.05, 4.69) is 5.32 Å². The molecule has 1 fully saturated rings. The summed E-state index contributed by atoms with van der Waals surface area (Å²) in [6.07, 6.45) is 1.78. The van der Waals surface area contributed by atoms with E-state index in [0.29, 0.717) is 6.42 Å². The van der Waals surface area contributed by atoms with Crippen molar-refractivity contribution in [3.05, 3.63) is 35.6 Å². The number of hydrogen-bond donors (Lipinski definition) is 1. The summed E-state index contributed by atoms with van der Waals surface area (Å²) in [5, 5.41) is 3.16. The maximum atomic E-state index is 12.8. The molecule has 0 bridgehead atoms. The van der Waals surface area contributed by atoms with Crippen LogP contribution in [-0.2, 0) is 6.42 Å². The van der Waals surface area contributed by atoms with E-state index >= 15 is 0 Å². The summed E-state index contributed by atoms with van der Waals surface area (Å²) >= 11 is 0. The number of benzene rings is 1. The van der Waals surface area contributed by atoms with Crippen LogP contribution in [-0.4, -0.2) is 18.8 Å². The van der Waals surface area contributed by atoms with Crippen LogP contribution < -0.4 is 5.32 Å². The highest BCUT2D eigenvalue weighted by atomic mass is 19.1. The van der Waals surface area contributed by atoms with E-state index in [1.165, 1.54) is 12.1 Å². The second-order valence-corrected chi connectivity index (χ2v) is 4.03. The molecule has 3 heteroatoms. The lowest BCUT2D eigenvalue weighted by molar-refractivity contribution is 0.143. The molecule has 0 saturated heterocycles. The van der Waals surface area contributed by atoms with Gasteiger partial charge < -0.3 is 5.32 Å². The summed E-state index contributed by atoms with van der Waals surface area (Å²) in [5.41, 5.74) is 1.08. The Morgan fingerprint density at radius 2 is 1.93 bits per heavy atom. The number of rotatable bonds is 4. The van der Waals surface area contributed by atoms with E-state index in [0.717, 1.165) is 24.9 Å². The number of alkyl halides is 1. The minimum atomic E-state index is -0.668. The van der Waals surface area contributed by atoms with E-state index in [-0.39, 0.29) is 11.9 Å². The molecule has 15 heavy (non-hydrogen) atoms. The standard InChI is InChI=1S/C12H15F2N/c13-10-3-1-9(2-4-10)7-8-15-12-6-5-11(12)14/h1-4,11-12,15H,5-8H2. The summed E-state index contributed by atoms with van der Waals surface area (Å²) < 4.78 is 25.4. The van der Waals surface area contributed by atoms with Crippen molar-refractivity contribution >= 4 is 0 Å². The molecule has 1 saturated carbocycles. The Balaban J connectivity index is 1.71. The van der Waals surface area contributed by atoms with Crippen LogP contribution in [0.1, 0.15) is 18.4 Å². The van der Waals surface area contributed by atoms with Gasteiger partial charge in [0, 0.05) is 6.04 Å². The molecule has 2 unspecified atom stereocenters. The van der Waals surface area contributed by atoms with Crippen LogP contribution in [0.4, 0.5) is 8.78 Å². The van der Waals surface area contributed by atoms with Crippen molar-refractivity contribution in [2.75, 3.05) is 6.54 Å². The van der Waals surface area contributed by atoms with Gasteiger partial charge in [-0.2, -0.15) is 0 Å². The Hall–Kier alpha value is -0.960. The molecular weight excluding hydrogens is 196 g/mol. The molecule has 0 radical (unpaired) electrons. The molecule has 1 nitrogen and oxygen atoms in total. The van der Waals surface area contributed by atoms with Gasteiger partial charge in [0.1, 0.15) is 12.0 Å². The normalized spacial score (nSPS) is 24.9. The topological polar surface area (TPSA) is 12.0 Å². The maximum absolute atomic E-state index is 12.8. The van der Waals surface area contributed by atoms with E-state index in [1.54, 1.807) is 12.1 Å². The lowest BCUT2D eigenvalue weighted by Crippen LogP contribution is -2.46. The molecule has 82 valence electrons. The average Bonchev–Trinajstić information content (AvgIpc) is 2.25. The van der Waals surface area contributed by atoms with Gasteiger partial charge in [-0.05, 0) is 43.5 Å². The van der Waals surface area contributed by atoms with Crippen LogP contribution in [0.25, 0.3) is 0 Å². The van der Waals surface area contributed by atoms with Crippen molar-refractivity contribution in [1.82, 2.24) is 5.32 Å². The van der Waals surface area contributed by atoms with Crippen molar-refractivity contribution in [1.29, 1.82) is 0 Å². The largest absolute Gasteiger partial charge is 0.311 e. The van der Waals surface area contributed by atoms with E-state index in [9.17, 15) is 8.78 Å². The zero-order valence-electron chi connectivity index (χ0n) is 8.55. The molecule has 0 aromatic heterocycles. The van der Waals surface area contributed by atoms with Gasteiger partial charge in [-0.25, -0.2) is 8.78 Å². The van der Waals surface area contributed by atoms with Gasteiger partial charge in [-0.3, -0.25) is 0 Å². The Morgan fingerprint density at radius 1 is 1.20 bits per heavy atom. The monoisotopic (exact) mass is 211 g/mol. The minimum absolute atomic E-state index is 0.0467. The third-order valence-electron chi connectivity index (χ3n) is 2.92. The first-order chi connectivity index (χ1) is 7.25. The van der Waals surface area contributed by atoms with Crippen LogP contribution in [0.15, 0.2) is 24.3 Å². The van der Waals surface area contributed by atoms with Crippen molar-refractivity contribution < 1.29 is 8.78 Å². The van der Waals surface area contributed by atoms with Crippen molar-refractivity contribution in [2.45, 2.75) is 31.5 Å². The Morgan fingerprint density at radius 3 is 2.47 bits per heavy atom. The van der Waals surface area contributed by atoms with Gasteiger partial charge in [0.2, 0.25) is 0 Å². The van der Waals surface area contributed by atoms with Crippen molar-refractivity contribution in [3.8, 4) is 0 Å². The Bertz CT molecular complexity index is 310. The molecular formula is C12H15F2N. The highest BCUT2D eigenvalue weighted by molar-refractivity contribution is 5.16. The Labute approximate surface area is 88.5 Å². The zero-order valence-corrected chi connectivity index (χ0v) is 8.55. The molecule has 2 rings (SSSR count). The fourth-order valence-electron chi connectivity index (χ4n) is 1.74. The second-order valence-electron chi connectivity index (χ2n) is 4.03. The molecule has 2 atom stereocenters. The van der Waals surface area contributed by atoms with Crippen LogP contribution in [0, 0.1) is 5.82 Å². The quantitative estimate of drug-likeness (QED) is 0.806. The summed E-state index contributed by atoms with van der Waals surface area (Å²) in [4.78, 5) is 0. The molecule has 1 aliphatic rings. The minimum Gasteiger partial charge on any atom is -0.311 e. The van der Waals surface area contributed by atoms with E-state index < -0.39 is 6.17 Å². The van der Waals surface area contributed by atoms with Crippen LogP contribution >= 0.6 is 0 Å². The first-order valence-electron chi connectivity index (χ1n) is 5.37. The second kappa shape index (κ2) is 4.71. The zero-order chi connectivity index (χ0) is 10.7. The molecule has 1 N–H and O–H groups in total. The molecule has 0 heterocycles. The molecule has 0 amide bonds. The van der Waals surface area contributed by atoms with Crippen molar-refractivity contribution in [3.63, 3.8) is 0 Å². The van der Waals surface area contributed by atoms with Gasteiger partial charge in [0.25, 0.3) is 0 Å². The van der Waals surface area contributed by atoms with Gasteiger partial charge in [-0.1, -0.05) is 12.1 Å². The predicted octanol–water partition coefficient (Wildman–Crippen LogP) is 2.46. The summed E-state index contributed by atoms with van der Waals surface area (Å²) in [6, 6.07) is 6.49. The maximum Gasteiger partial charge on any atom is 0.123 e. The number of hydrogen-bond acceptors (Lipinski definition) is 1. The van der Waals surface area contributed by atoms with Crippen LogP contribution in [0.2, 0.25) is 0 Å². The lowest BCUT2D eigenvalue weighted by atomic mass is 9.90.